The number of non-ortho nitro benzene ring substituents is 1. The first-order valence-electron chi connectivity index (χ1n) is 9.26. The lowest BCUT2D eigenvalue weighted by atomic mass is 10.1. The number of fused-ring (bicyclic) bond motifs is 1. The Hall–Kier alpha value is -3.82. The molecule has 0 aromatic heterocycles. The number of likely N-dealkylation sites (N-methyl/N-ethyl adjacent to an activating group) is 1. The average molecular weight is 415 g/mol. The summed E-state index contributed by atoms with van der Waals surface area (Å²) < 4.78 is 16.1. The van der Waals surface area contributed by atoms with E-state index in [-0.39, 0.29) is 16.9 Å². The maximum Gasteiger partial charge on any atom is 0.341 e. The maximum absolute atomic E-state index is 12.5. The summed E-state index contributed by atoms with van der Waals surface area (Å²) in [5.41, 5.74) is 6.11. The Morgan fingerprint density at radius 3 is 2.60 bits per heavy atom. The highest BCUT2D eigenvalue weighted by molar-refractivity contribution is 5.97. The third kappa shape index (κ3) is 4.77. The summed E-state index contributed by atoms with van der Waals surface area (Å²) in [6.07, 6.45) is 0. The van der Waals surface area contributed by atoms with Crippen LogP contribution in [0.25, 0.3) is 0 Å². The van der Waals surface area contributed by atoms with Gasteiger partial charge in [-0.15, -0.1) is 0 Å². The second-order valence-electron chi connectivity index (χ2n) is 6.49. The van der Waals surface area contributed by atoms with E-state index in [1.807, 2.05) is 6.07 Å². The molecule has 1 aliphatic heterocycles. The number of hydrogen-bond donors (Lipinski definition) is 1. The van der Waals surface area contributed by atoms with Crippen molar-refractivity contribution >= 4 is 23.3 Å². The fraction of sp³-hybridized carbons (Fsp3) is 0.300. The largest absolute Gasteiger partial charge is 0.486 e. The van der Waals surface area contributed by atoms with Gasteiger partial charge >= 0.3 is 5.97 Å². The fourth-order valence-corrected chi connectivity index (χ4v) is 2.91. The van der Waals surface area contributed by atoms with E-state index in [2.05, 4.69) is 0 Å². The molecule has 158 valence electrons. The van der Waals surface area contributed by atoms with Gasteiger partial charge in [0, 0.05) is 30.9 Å². The summed E-state index contributed by atoms with van der Waals surface area (Å²) in [6.45, 7) is 2.93. The number of nitrogens with zero attached hydrogens (tertiary/aromatic N) is 2. The molecule has 0 fully saturated rings. The molecule has 1 amide bonds. The van der Waals surface area contributed by atoms with Gasteiger partial charge in [0.15, 0.2) is 18.1 Å². The van der Waals surface area contributed by atoms with Gasteiger partial charge in [-0.3, -0.25) is 14.9 Å². The third-order valence-corrected chi connectivity index (χ3v) is 4.51. The number of nitro benzene ring substituents is 1. The Balaban J connectivity index is 1.62. The Labute approximate surface area is 172 Å². The number of nitrogen functional groups attached to an aromatic ring is 1. The zero-order valence-electron chi connectivity index (χ0n) is 16.3. The van der Waals surface area contributed by atoms with Crippen LogP contribution in [0, 0.1) is 10.1 Å². The molecule has 0 unspecified atom stereocenters. The van der Waals surface area contributed by atoms with Gasteiger partial charge < -0.3 is 24.8 Å². The van der Waals surface area contributed by atoms with Gasteiger partial charge in [-0.25, -0.2) is 4.79 Å². The van der Waals surface area contributed by atoms with E-state index in [0.29, 0.717) is 37.8 Å². The van der Waals surface area contributed by atoms with Crippen LogP contribution in [-0.4, -0.2) is 48.1 Å². The molecular weight excluding hydrogens is 394 g/mol. The first-order valence-corrected chi connectivity index (χ1v) is 9.26. The van der Waals surface area contributed by atoms with Crippen molar-refractivity contribution in [3.63, 3.8) is 0 Å². The van der Waals surface area contributed by atoms with Crippen LogP contribution in [0.3, 0.4) is 0 Å². The van der Waals surface area contributed by atoms with E-state index in [1.54, 1.807) is 19.1 Å². The third-order valence-electron chi connectivity index (χ3n) is 4.51. The highest BCUT2D eigenvalue weighted by Crippen LogP contribution is 2.31. The quantitative estimate of drug-likeness (QED) is 0.315. The van der Waals surface area contributed by atoms with Crippen LogP contribution in [0.1, 0.15) is 22.8 Å². The second-order valence-corrected chi connectivity index (χ2v) is 6.49. The van der Waals surface area contributed by atoms with Crippen LogP contribution in [0.15, 0.2) is 36.4 Å². The predicted molar refractivity (Wildman–Crippen MR) is 106 cm³/mol. The fourth-order valence-electron chi connectivity index (χ4n) is 2.91. The van der Waals surface area contributed by atoms with E-state index in [0.717, 1.165) is 11.6 Å². The number of nitrogens with two attached hydrogens (primary N) is 1. The minimum atomic E-state index is -0.903. The molecule has 2 N–H and O–H groups in total. The molecule has 30 heavy (non-hydrogen) atoms. The average Bonchev–Trinajstić information content (AvgIpc) is 2.75. The first-order chi connectivity index (χ1) is 14.4. The molecule has 2 aromatic rings. The molecule has 0 aliphatic carbocycles. The lowest BCUT2D eigenvalue weighted by Crippen LogP contribution is -2.34. The van der Waals surface area contributed by atoms with Crippen LogP contribution in [0.2, 0.25) is 0 Å². The zero-order valence-corrected chi connectivity index (χ0v) is 16.3. The normalized spacial score (nSPS) is 12.2. The monoisotopic (exact) mass is 415 g/mol. The smallest absolute Gasteiger partial charge is 0.341 e. The molecule has 0 spiro atoms. The highest BCUT2D eigenvalue weighted by Gasteiger charge is 2.20. The lowest BCUT2D eigenvalue weighted by Gasteiger charge is -2.23. The van der Waals surface area contributed by atoms with Crippen LogP contribution < -0.4 is 15.2 Å². The van der Waals surface area contributed by atoms with Crippen LogP contribution in [-0.2, 0) is 16.1 Å². The molecule has 2 aromatic carbocycles. The number of nitro groups is 1. The molecule has 10 nitrogen and oxygen atoms in total. The van der Waals surface area contributed by atoms with Crippen molar-refractivity contribution in [3.05, 3.63) is 57.6 Å². The number of carbonyl (C=O) groups excluding carboxylic acids is 2. The topological polar surface area (TPSA) is 134 Å². The molecule has 0 saturated carbocycles. The lowest BCUT2D eigenvalue weighted by molar-refractivity contribution is -0.384. The highest BCUT2D eigenvalue weighted by atomic mass is 16.6. The van der Waals surface area contributed by atoms with Gasteiger partial charge in [0.1, 0.15) is 13.2 Å². The number of rotatable bonds is 7. The van der Waals surface area contributed by atoms with Crippen molar-refractivity contribution in [3.8, 4) is 11.5 Å². The van der Waals surface area contributed by atoms with Gasteiger partial charge in [-0.1, -0.05) is 6.07 Å². The number of hydrogen-bond acceptors (Lipinski definition) is 8. The van der Waals surface area contributed by atoms with Gasteiger partial charge in [-0.2, -0.15) is 0 Å². The summed E-state index contributed by atoms with van der Waals surface area (Å²) in [5, 5.41) is 10.9. The minimum Gasteiger partial charge on any atom is -0.486 e. The Morgan fingerprint density at radius 1 is 1.17 bits per heavy atom. The molecule has 1 aliphatic rings. The van der Waals surface area contributed by atoms with Gasteiger partial charge in [0.25, 0.3) is 11.6 Å². The maximum atomic E-state index is 12.5. The standard InChI is InChI=1S/C20H21N3O7/c1-2-22(11-13-3-6-17-18(9-13)29-8-7-28-17)19(24)12-30-20(25)15-10-14(23(26)27)4-5-16(15)21/h3-6,9-10H,2,7-8,11-12,21H2,1H3. The number of amides is 1. The van der Waals surface area contributed by atoms with Crippen LogP contribution >= 0.6 is 0 Å². The van der Waals surface area contributed by atoms with Crippen LogP contribution in [0.5, 0.6) is 11.5 Å². The molecule has 1 heterocycles. The zero-order chi connectivity index (χ0) is 21.7. The summed E-state index contributed by atoms with van der Waals surface area (Å²) in [7, 11) is 0. The van der Waals surface area contributed by atoms with E-state index < -0.39 is 23.4 Å². The number of esters is 1. The van der Waals surface area contributed by atoms with Crippen molar-refractivity contribution < 1.29 is 28.7 Å². The molecular formula is C20H21N3O7. The molecule has 0 atom stereocenters. The number of ether oxygens (including phenoxy) is 3. The van der Waals surface area contributed by atoms with Gasteiger partial charge in [0.05, 0.1) is 10.5 Å². The Morgan fingerprint density at radius 2 is 1.90 bits per heavy atom. The number of anilines is 1. The van der Waals surface area contributed by atoms with E-state index in [1.165, 1.54) is 17.0 Å². The van der Waals surface area contributed by atoms with Crippen molar-refractivity contribution in [2.24, 2.45) is 0 Å². The summed E-state index contributed by atoms with van der Waals surface area (Å²) in [6, 6.07) is 8.88. The van der Waals surface area contributed by atoms with Crippen LogP contribution in [0.4, 0.5) is 11.4 Å². The molecule has 0 radical (unpaired) electrons. The summed E-state index contributed by atoms with van der Waals surface area (Å²) in [5.74, 6) is -0.0395. The Bertz CT molecular complexity index is 977. The molecule has 0 saturated heterocycles. The van der Waals surface area contributed by atoms with Gasteiger partial charge in [0.2, 0.25) is 0 Å². The van der Waals surface area contributed by atoms with E-state index >= 15 is 0 Å². The van der Waals surface area contributed by atoms with Gasteiger partial charge in [-0.05, 0) is 30.7 Å². The number of carbonyl (C=O) groups is 2. The molecule has 10 heteroatoms. The molecule has 0 bridgehead atoms. The van der Waals surface area contributed by atoms with Crippen molar-refractivity contribution in [2.45, 2.75) is 13.5 Å². The second kappa shape index (κ2) is 9.12. The summed E-state index contributed by atoms with van der Waals surface area (Å²) in [4.78, 5) is 36.5. The predicted octanol–water partition coefficient (Wildman–Crippen LogP) is 2.15. The van der Waals surface area contributed by atoms with Crippen molar-refractivity contribution in [2.75, 3.05) is 32.1 Å². The minimum absolute atomic E-state index is 0.0293. The summed E-state index contributed by atoms with van der Waals surface area (Å²) >= 11 is 0. The SMILES string of the molecule is CCN(Cc1ccc2c(c1)OCCO2)C(=O)COC(=O)c1cc([N+](=O)[O-])ccc1N. The first kappa shape index (κ1) is 20.9. The Kier molecular flexibility index (Phi) is 6.35. The van der Waals surface area contributed by atoms with Crippen molar-refractivity contribution in [1.29, 1.82) is 0 Å². The van der Waals surface area contributed by atoms with E-state index in [9.17, 15) is 19.7 Å². The molecule has 3 rings (SSSR count). The number of benzene rings is 2. The van der Waals surface area contributed by atoms with E-state index in [4.69, 9.17) is 19.9 Å². The van der Waals surface area contributed by atoms with Crippen molar-refractivity contribution in [1.82, 2.24) is 4.90 Å².